The predicted molar refractivity (Wildman–Crippen MR) is 92.8 cm³/mol. The van der Waals surface area contributed by atoms with Crippen molar-refractivity contribution >= 4 is 16.8 Å². The van der Waals surface area contributed by atoms with Crippen LogP contribution in [0.2, 0.25) is 0 Å². The van der Waals surface area contributed by atoms with Crippen LogP contribution < -0.4 is 5.32 Å². The van der Waals surface area contributed by atoms with Gasteiger partial charge in [0.05, 0.1) is 0 Å². The zero-order valence-electron chi connectivity index (χ0n) is 13.7. The first-order chi connectivity index (χ1) is 11.1. The van der Waals surface area contributed by atoms with E-state index >= 15 is 0 Å². The molecule has 3 aromatic rings. The van der Waals surface area contributed by atoms with Crippen LogP contribution in [0.4, 0.5) is 0 Å². The molecule has 2 N–H and O–H groups in total. The second kappa shape index (κ2) is 6.24. The Bertz CT molecular complexity index is 850. The van der Waals surface area contributed by atoms with Crippen molar-refractivity contribution in [3.05, 3.63) is 64.6 Å². The number of rotatable bonds is 4. The summed E-state index contributed by atoms with van der Waals surface area (Å²) in [4.78, 5) is 19.6. The number of nitrogens with one attached hydrogen (secondary N) is 2. The van der Waals surface area contributed by atoms with Crippen molar-refractivity contribution < 1.29 is 4.79 Å². The molecule has 0 unspecified atom stereocenters. The molecular formula is C19H21N3O. The lowest BCUT2D eigenvalue weighted by atomic mass is 10.0. The maximum Gasteiger partial charge on any atom is 0.269 e. The van der Waals surface area contributed by atoms with Crippen molar-refractivity contribution in [3.63, 3.8) is 0 Å². The summed E-state index contributed by atoms with van der Waals surface area (Å²) < 4.78 is 0. The average molecular weight is 307 g/mol. The molecule has 1 aromatic carbocycles. The third kappa shape index (κ3) is 3.11. The second-order valence-electron chi connectivity index (χ2n) is 5.95. The van der Waals surface area contributed by atoms with Gasteiger partial charge in [-0.1, -0.05) is 17.7 Å². The molecule has 118 valence electrons. The van der Waals surface area contributed by atoms with Crippen molar-refractivity contribution in [2.75, 3.05) is 6.54 Å². The Kier molecular flexibility index (Phi) is 4.15. The quantitative estimate of drug-likeness (QED) is 0.775. The van der Waals surface area contributed by atoms with Crippen LogP contribution in [0.3, 0.4) is 0 Å². The number of pyridine rings is 1. The van der Waals surface area contributed by atoms with Crippen molar-refractivity contribution in [1.29, 1.82) is 0 Å². The Balaban J connectivity index is 1.75. The number of aromatic nitrogens is 2. The average Bonchev–Trinajstić information content (AvgIpc) is 2.85. The molecule has 0 saturated carbocycles. The van der Waals surface area contributed by atoms with Crippen LogP contribution in [-0.4, -0.2) is 22.4 Å². The number of amides is 1. The number of benzene rings is 1. The zero-order chi connectivity index (χ0) is 16.4. The first-order valence-corrected chi connectivity index (χ1v) is 7.84. The Morgan fingerprint density at radius 1 is 1.22 bits per heavy atom. The lowest BCUT2D eigenvalue weighted by Crippen LogP contribution is -2.26. The summed E-state index contributed by atoms with van der Waals surface area (Å²) in [6.07, 6.45) is 2.43. The van der Waals surface area contributed by atoms with E-state index in [1.165, 1.54) is 33.3 Å². The van der Waals surface area contributed by atoms with Crippen molar-refractivity contribution in [1.82, 2.24) is 15.3 Å². The number of fused-ring (bicyclic) bond motifs is 1. The van der Waals surface area contributed by atoms with E-state index in [9.17, 15) is 4.79 Å². The van der Waals surface area contributed by atoms with E-state index in [-0.39, 0.29) is 5.91 Å². The highest BCUT2D eigenvalue weighted by Gasteiger charge is 2.12. The monoisotopic (exact) mass is 307 g/mol. The van der Waals surface area contributed by atoms with E-state index in [0.717, 1.165) is 6.42 Å². The molecule has 0 radical (unpaired) electrons. The first kappa shape index (κ1) is 15.3. The fourth-order valence-electron chi connectivity index (χ4n) is 3.05. The van der Waals surface area contributed by atoms with Gasteiger partial charge in [-0.25, -0.2) is 0 Å². The van der Waals surface area contributed by atoms with Crippen LogP contribution in [0, 0.1) is 20.8 Å². The molecule has 0 aliphatic rings. The van der Waals surface area contributed by atoms with E-state index in [1.807, 2.05) is 6.07 Å². The molecule has 0 aliphatic heterocycles. The highest BCUT2D eigenvalue weighted by molar-refractivity contribution is 5.92. The number of H-pyrrole nitrogens is 1. The van der Waals surface area contributed by atoms with Gasteiger partial charge in [-0.2, -0.15) is 0 Å². The predicted octanol–water partition coefficient (Wildman–Crippen LogP) is 3.46. The third-order valence-electron chi connectivity index (χ3n) is 4.13. The molecule has 0 fully saturated rings. The van der Waals surface area contributed by atoms with Crippen molar-refractivity contribution in [3.8, 4) is 0 Å². The fourth-order valence-corrected chi connectivity index (χ4v) is 3.05. The van der Waals surface area contributed by atoms with Gasteiger partial charge in [-0.15, -0.1) is 0 Å². The van der Waals surface area contributed by atoms with Gasteiger partial charge in [-0.3, -0.25) is 9.78 Å². The van der Waals surface area contributed by atoms with Gasteiger partial charge in [0.25, 0.3) is 5.91 Å². The van der Waals surface area contributed by atoms with E-state index in [2.05, 4.69) is 48.2 Å². The molecule has 0 aliphatic carbocycles. The standard InChI is InChI=1S/C19H21N3O/c1-12-10-13(2)18-16(11-12)15(14(3)22-18)7-9-21-19(23)17-6-4-5-8-20-17/h4-6,8,10-11,22H,7,9H2,1-3H3,(H,21,23). The van der Waals surface area contributed by atoms with Gasteiger partial charge in [0.1, 0.15) is 5.69 Å². The number of carbonyl (C=O) groups excluding carboxylic acids is 1. The summed E-state index contributed by atoms with van der Waals surface area (Å²) in [6, 6.07) is 9.74. The van der Waals surface area contributed by atoms with E-state index in [0.29, 0.717) is 12.2 Å². The van der Waals surface area contributed by atoms with E-state index in [1.54, 1.807) is 18.3 Å². The molecule has 0 atom stereocenters. The molecule has 1 amide bonds. The summed E-state index contributed by atoms with van der Waals surface area (Å²) in [6.45, 7) is 6.92. The molecule has 0 spiro atoms. The van der Waals surface area contributed by atoms with Crippen molar-refractivity contribution in [2.24, 2.45) is 0 Å². The van der Waals surface area contributed by atoms with Crippen LogP contribution in [0.25, 0.3) is 10.9 Å². The topological polar surface area (TPSA) is 57.8 Å². The Morgan fingerprint density at radius 3 is 2.78 bits per heavy atom. The minimum atomic E-state index is -0.129. The van der Waals surface area contributed by atoms with Gasteiger partial charge >= 0.3 is 0 Å². The van der Waals surface area contributed by atoms with E-state index < -0.39 is 0 Å². The minimum Gasteiger partial charge on any atom is -0.358 e. The van der Waals surface area contributed by atoms with Gasteiger partial charge in [0.15, 0.2) is 0 Å². The summed E-state index contributed by atoms with van der Waals surface area (Å²) in [5.41, 5.74) is 6.60. The normalized spacial score (nSPS) is 10.9. The molecular weight excluding hydrogens is 286 g/mol. The number of nitrogens with zero attached hydrogens (tertiary/aromatic N) is 1. The molecule has 0 saturated heterocycles. The first-order valence-electron chi connectivity index (χ1n) is 7.84. The van der Waals surface area contributed by atoms with E-state index in [4.69, 9.17) is 0 Å². The smallest absolute Gasteiger partial charge is 0.269 e. The minimum absolute atomic E-state index is 0.129. The SMILES string of the molecule is Cc1cc(C)c2[nH]c(C)c(CCNC(=O)c3ccccn3)c2c1. The lowest BCUT2D eigenvalue weighted by molar-refractivity contribution is 0.0949. The molecule has 3 rings (SSSR count). The number of carbonyl (C=O) groups is 1. The maximum absolute atomic E-state index is 12.0. The number of aromatic amines is 1. The van der Waals surface area contributed by atoms with Crippen molar-refractivity contribution in [2.45, 2.75) is 27.2 Å². The molecule has 2 aromatic heterocycles. The number of hydrogen-bond acceptors (Lipinski definition) is 2. The van der Waals surface area contributed by atoms with Crippen LogP contribution >= 0.6 is 0 Å². The molecule has 0 bridgehead atoms. The molecule has 4 heteroatoms. The summed E-state index contributed by atoms with van der Waals surface area (Å²) in [5, 5.41) is 4.20. The van der Waals surface area contributed by atoms with Gasteiger partial charge in [0.2, 0.25) is 0 Å². The fraction of sp³-hybridized carbons (Fsp3) is 0.263. The van der Waals surface area contributed by atoms with Crippen LogP contribution in [-0.2, 0) is 6.42 Å². The highest BCUT2D eigenvalue weighted by Crippen LogP contribution is 2.26. The third-order valence-corrected chi connectivity index (χ3v) is 4.13. The largest absolute Gasteiger partial charge is 0.358 e. The Hall–Kier alpha value is -2.62. The second-order valence-corrected chi connectivity index (χ2v) is 5.95. The lowest BCUT2D eigenvalue weighted by Gasteiger charge is -2.06. The summed E-state index contributed by atoms with van der Waals surface area (Å²) >= 11 is 0. The number of aryl methyl sites for hydroxylation is 3. The number of hydrogen-bond donors (Lipinski definition) is 2. The molecule has 2 heterocycles. The maximum atomic E-state index is 12.0. The van der Waals surface area contributed by atoms with Crippen LogP contribution in [0.15, 0.2) is 36.5 Å². The van der Waals surface area contributed by atoms with Crippen LogP contribution in [0.1, 0.15) is 32.9 Å². The van der Waals surface area contributed by atoms with Gasteiger partial charge < -0.3 is 10.3 Å². The summed E-state index contributed by atoms with van der Waals surface area (Å²) in [7, 11) is 0. The van der Waals surface area contributed by atoms with Gasteiger partial charge in [0, 0.05) is 29.3 Å². The van der Waals surface area contributed by atoms with Gasteiger partial charge in [-0.05, 0) is 56.5 Å². The molecule has 4 nitrogen and oxygen atoms in total. The highest BCUT2D eigenvalue weighted by atomic mass is 16.1. The summed E-state index contributed by atoms with van der Waals surface area (Å²) in [5.74, 6) is -0.129. The zero-order valence-corrected chi connectivity index (χ0v) is 13.7. The van der Waals surface area contributed by atoms with Crippen LogP contribution in [0.5, 0.6) is 0 Å². The Morgan fingerprint density at radius 2 is 2.04 bits per heavy atom. The Labute approximate surface area is 136 Å². The molecule has 23 heavy (non-hydrogen) atoms.